The fraction of sp³-hybridized carbons (Fsp3) is 0.250. The van der Waals surface area contributed by atoms with Crippen molar-refractivity contribution in [3.05, 3.63) is 57.7 Å². The molecular formula is C20H19IN2O4S. The Morgan fingerprint density at radius 1 is 1.07 bits per heavy atom. The zero-order valence-electron chi connectivity index (χ0n) is 15.3. The lowest BCUT2D eigenvalue weighted by Gasteiger charge is -2.26. The highest BCUT2D eigenvalue weighted by atomic mass is 127. The summed E-state index contributed by atoms with van der Waals surface area (Å²) in [6.45, 7) is 4.06. The molecule has 0 amide bonds. The zero-order valence-corrected chi connectivity index (χ0v) is 18.2. The molecule has 0 bridgehead atoms. The summed E-state index contributed by atoms with van der Waals surface area (Å²) in [6, 6.07) is 14.4. The molecule has 1 saturated heterocycles. The van der Waals surface area contributed by atoms with Gasteiger partial charge in [0.1, 0.15) is 0 Å². The molecule has 0 spiro atoms. The number of rotatable bonds is 4. The van der Waals surface area contributed by atoms with Crippen LogP contribution in [0.2, 0.25) is 0 Å². The van der Waals surface area contributed by atoms with Crippen molar-refractivity contribution in [1.29, 1.82) is 0 Å². The van der Waals surface area contributed by atoms with E-state index in [1.807, 2.05) is 36.1 Å². The van der Waals surface area contributed by atoms with Crippen molar-refractivity contribution < 1.29 is 17.6 Å². The molecule has 4 rings (SSSR count). The van der Waals surface area contributed by atoms with E-state index in [-0.39, 0.29) is 15.8 Å². The Kier molecular flexibility index (Phi) is 5.44. The summed E-state index contributed by atoms with van der Waals surface area (Å²) in [7, 11) is -3.82. The molecule has 1 aromatic heterocycles. The molecule has 146 valence electrons. The van der Waals surface area contributed by atoms with E-state index in [1.165, 1.54) is 0 Å². The normalized spacial score (nSPS) is 15.0. The number of aromatic nitrogens is 1. The van der Waals surface area contributed by atoms with Gasteiger partial charge >= 0.3 is 0 Å². The van der Waals surface area contributed by atoms with E-state index in [4.69, 9.17) is 9.15 Å². The van der Waals surface area contributed by atoms with Crippen LogP contribution in [-0.4, -0.2) is 39.7 Å². The van der Waals surface area contributed by atoms with Gasteiger partial charge in [-0.1, -0.05) is 23.8 Å². The summed E-state index contributed by atoms with van der Waals surface area (Å²) >= 11 is 2.20. The number of nitrogens with zero attached hydrogens (tertiary/aromatic N) is 2. The van der Waals surface area contributed by atoms with E-state index in [1.54, 1.807) is 24.3 Å². The minimum Gasteiger partial charge on any atom is -0.419 e. The molecule has 6 nitrogen and oxygen atoms in total. The van der Waals surface area contributed by atoms with Crippen molar-refractivity contribution in [2.75, 3.05) is 31.2 Å². The fourth-order valence-electron chi connectivity index (χ4n) is 3.01. The van der Waals surface area contributed by atoms with Gasteiger partial charge in [0.05, 0.1) is 18.1 Å². The molecule has 0 radical (unpaired) electrons. The van der Waals surface area contributed by atoms with Gasteiger partial charge in [0, 0.05) is 22.2 Å². The van der Waals surface area contributed by atoms with Crippen LogP contribution < -0.4 is 4.90 Å². The molecule has 1 fully saturated rings. The number of hydrogen-bond donors (Lipinski definition) is 0. The van der Waals surface area contributed by atoms with Crippen LogP contribution in [0.25, 0.3) is 11.5 Å². The second-order valence-corrected chi connectivity index (χ2v) is 9.67. The Labute approximate surface area is 177 Å². The van der Waals surface area contributed by atoms with E-state index < -0.39 is 9.84 Å². The molecule has 2 heterocycles. The Hall–Kier alpha value is -1.91. The number of morpholine rings is 1. The molecule has 28 heavy (non-hydrogen) atoms. The SMILES string of the molecule is Cc1ccc(S(=O)(=O)c2nc(-c3cccc(I)c3)oc2N2CCOCC2)cc1. The number of anilines is 1. The fourth-order valence-corrected chi connectivity index (χ4v) is 4.88. The molecule has 2 aromatic carbocycles. The van der Waals surface area contributed by atoms with Crippen LogP contribution in [0.5, 0.6) is 0 Å². The predicted octanol–water partition coefficient (Wildman–Crippen LogP) is 3.92. The van der Waals surface area contributed by atoms with Gasteiger partial charge in [0.15, 0.2) is 0 Å². The lowest BCUT2D eigenvalue weighted by molar-refractivity contribution is 0.120. The van der Waals surface area contributed by atoms with E-state index in [9.17, 15) is 8.42 Å². The lowest BCUT2D eigenvalue weighted by atomic mass is 10.2. The van der Waals surface area contributed by atoms with Crippen molar-refractivity contribution in [2.24, 2.45) is 0 Å². The van der Waals surface area contributed by atoms with Crippen molar-refractivity contribution in [3.63, 3.8) is 0 Å². The molecule has 1 aliphatic rings. The maximum Gasteiger partial charge on any atom is 0.236 e. The molecule has 0 aliphatic carbocycles. The van der Waals surface area contributed by atoms with Gasteiger partial charge in [-0.3, -0.25) is 0 Å². The molecule has 1 aliphatic heterocycles. The van der Waals surface area contributed by atoms with Gasteiger partial charge in [-0.2, -0.15) is 4.98 Å². The first kappa shape index (κ1) is 19.4. The summed E-state index contributed by atoms with van der Waals surface area (Å²) in [6.07, 6.45) is 0. The number of benzene rings is 2. The maximum absolute atomic E-state index is 13.3. The van der Waals surface area contributed by atoms with Gasteiger partial charge in [-0.15, -0.1) is 0 Å². The summed E-state index contributed by atoms with van der Waals surface area (Å²) in [5.74, 6) is 0.573. The largest absolute Gasteiger partial charge is 0.419 e. The molecule has 0 saturated carbocycles. The first-order valence-electron chi connectivity index (χ1n) is 8.86. The van der Waals surface area contributed by atoms with Crippen LogP contribution in [0.4, 0.5) is 5.88 Å². The number of ether oxygens (including phenoxy) is 1. The highest BCUT2D eigenvalue weighted by Crippen LogP contribution is 2.35. The monoisotopic (exact) mass is 510 g/mol. The highest BCUT2D eigenvalue weighted by Gasteiger charge is 2.32. The number of oxazole rings is 1. The lowest BCUT2D eigenvalue weighted by Crippen LogP contribution is -2.36. The maximum atomic E-state index is 13.3. The Balaban J connectivity index is 1.85. The quantitative estimate of drug-likeness (QED) is 0.496. The Morgan fingerprint density at radius 3 is 2.46 bits per heavy atom. The average Bonchev–Trinajstić information content (AvgIpc) is 3.15. The van der Waals surface area contributed by atoms with Gasteiger partial charge in [0.25, 0.3) is 0 Å². The summed E-state index contributed by atoms with van der Waals surface area (Å²) in [4.78, 5) is 6.51. The molecule has 0 atom stereocenters. The van der Waals surface area contributed by atoms with Crippen molar-refractivity contribution in [1.82, 2.24) is 4.98 Å². The number of halogens is 1. The molecular weight excluding hydrogens is 491 g/mol. The number of sulfone groups is 1. The minimum absolute atomic E-state index is 0.0490. The van der Waals surface area contributed by atoms with Crippen LogP contribution in [0.1, 0.15) is 5.56 Å². The number of hydrogen-bond acceptors (Lipinski definition) is 6. The molecule has 3 aromatic rings. The van der Waals surface area contributed by atoms with Crippen molar-refractivity contribution >= 4 is 38.3 Å². The van der Waals surface area contributed by atoms with Crippen LogP contribution in [-0.2, 0) is 14.6 Å². The minimum atomic E-state index is -3.82. The van der Waals surface area contributed by atoms with Gasteiger partial charge in [0.2, 0.25) is 26.6 Å². The molecule has 0 unspecified atom stereocenters. The topological polar surface area (TPSA) is 72.6 Å². The molecule has 8 heteroatoms. The second-order valence-electron chi connectivity index (χ2n) is 6.56. The third-order valence-corrected chi connectivity index (χ3v) is 6.87. The summed E-state index contributed by atoms with van der Waals surface area (Å²) in [5, 5.41) is -0.0490. The second kappa shape index (κ2) is 7.84. The average molecular weight is 510 g/mol. The predicted molar refractivity (Wildman–Crippen MR) is 114 cm³/mol. The van der Waals surface area contributed by atoms with E-state index in [0.717, 1.165) is 14.7 Å². The van der Waals surface area contributed by atoms with Gasteiger partial charge < -0.3 is 14.1 Å². The summed E-state index contributed by atoms with van der Waals surface area (Å²) in [5.41, 5.74) is 1.74. The highest BCUT2D eigenvalue weighted by molar-refractivity contribution is 14.1. The van der Waals surface area contributed by atoms with E-state index in [2.05, 4.69) is 27.6 Å². The Bertz CT molecular complexity index is 1090. The number of aryl methyl sites for hydroxylation is 1. The van der Waals surface area contributed by atoms with Gasteiger partial charge in [-0.05, 0) is 59.8 Å². The first-order chi connectivity index (χ1) is 13.4. The summed E-state index contributed by atoms with van der Waals surface area (Å²) < 4.78 is 39.1. The van der Waals surface area contributed by atoms with Crippen LogP contribution in [0.3, 0.4) is 0 Å². The van der Waals surface area contributed by atoms with Gasteiger partial charge in [-0.25, -0.2) is 8.42 Å². The third kappa shape index (κ3) is 3.81. The first-order valence-corrected chi connectivity index (χ1v) is 11.4. The smallest absolute Gasteiger partial charge is 0.236 e. The molecule has 0 N–H and O–H groups in total. The van der Waals surface area contributed by atoms with Crippen LogP contribution in [0, 0.1) is 10.5 Å². The Morgan fingerprint density at radius 2 is 1.79 bits per heavy atom. The third-order valence-electron chi connectivity index (χ3n) is 4.54. The van der Waals surface area contributed by atoms with Crippen molar-refractivity contribution in [2.45, 2.75) is 16.8 Å². The van der Waals surface area contributed by atoms with E-state index >= 15 is 0 Å². The van der Waals surface area contributed by atoms with Crippen LogP contribution >= 0.6 is 22.6 Å². The standard InChI is InChI=1S/C20H19IN2O4S/c1-14-5-7-17(8-6-14)28(24,25)19-20(23-9-11-26-12-10-23)27-18(22-19)15-3-2-4-16(21)13-15/h2-8,13H,9-12H2,1H3. The van der Waals surface area contributed by atoms with Crippen molar-refractivity contribution in [3.8, 4) is 11.5 Å². The van der Waals surface area contributed by atoms with Crippen LogP contribution in [0.15, 0.2) is 62.9 Å². The van der Waals surface area contributed by atoms with E-state index in [0.29, 0.717) is 32.2 Å². The zero-order chi connectivity index (χ0) is 19.7.